The van der Waals surface area contributed by atoms with E-state index in [2.05, 4.69) is 59.4 Å². The van der Waals surface area contributed by atoms with Gasteiger partial charge in [0.15, 0.2) is 0 Å². The number of rotatable bonds is 2. The van der Waals surface area contributed by atoms with Crippen LogP contribution in [-0.4, -0.2) is 0 Å². The highest BCUT2D eigenvalue weighted by Gasteiger charge is 2.15. The van der Waals surface area contributed by atoms with Gasteiger partial charge in [0.25, 0.3) is 0 Å². The number of thiophene rings is 1. The Kier molecular flexibility index (Phi) is 3.47. The van der Waals surface area contributed by atoms with E-state index in [1.165, 1.54) is 16.0 Å². The molecule has 0 fully saturated rings. The van der Waals surface area contributed by atoms with Crippen LogP contribution in [0.5, 0.6) is 0 Å². The summed E-state index contributed by atoms with van der Waals surface area (Å²) in [5, 5.41) is 2.09. The molecule has 2 rings (SSSR count). The quantitative estimate of drug-likeness (QED) is 0.884. The van der Waals surface area contributed by atoms with Gasteiger partial charge >= 0.3 is 0 Å². The Balaban J connectivity index is 2.41. The van der Waals surface area contributed by atoms with Crippen LogP contribution in [-0.2, 0) is 0 Å². The van der Waals surface area contributed by atoms with Gasteiger partial charge < -0.3 is 5.73 Å². The molecule has 0 aliphatic carbocycles. The summed E-state index contributed by atoms with van der Waals surface area (Å²) in [5.74, 6) is 0. The third-order valence-corrected chi connectivity index (χ3v) is 4.46. The Bertz CT molecular complexity index is 504. The van der Waals surface area contributed by atoms with Crippen molar-refractivity contribution in [1.29, 1.82) is 0 Å². The molecule has 2 N–H and O–H groups in total. The first-order valence-electron chi connectivity index (χ1n) is 5.15. The lowest BCUT2D eigenvalue weighted by Crippen LogP contribution is -2.12. The minimum atomic E-state index is -0.0324. The second kappa shape index (κ2) is 4.70. The van der Waals surface area contributed by atoms with Gasteiger partial charge in [0.2, 0.25) is 0 Å². The van der Waals surface area contributed by atoms with Crippen LogP contribution in [0.1, 0.15) is 27.6 Å². The van der Waals surface area contributed by atoms with Crippen molar-refractivity contribution >= 4 is 27.3 Å². The molecule has 1 aromatic carbocycles. The lowest BCUT2D eigenvalue weighted by atomic mass is 10.0. The van der Waals surface area contributed by atoms with Crippen molar-refractivity contribution in [3.63, 3.8) is 0 Å². The van der Waals surface area contributed by atoms with Gasteiger partial charge in [0.1, 0.15) is 0 Å². The summed E-state index contributed by atoms with van der Waals surface area (Å²) >= 11 is 5.30. The molecule has 1 aromatic heterocycles. The van der Waals surface area contributed by atoms with Gasteiger partial charge in [-0.2, -0.15) is 0 Å². The number of hydrogen-bond acceptors (Lipinski definition) is 2. The van der Waals surface area contributed by atoms with Crippen LogP contribution in [0.25, 0.3) is 0 Å². The molecule has 0 saturated carbocycles. The maximum Gasteiger partial charge on any atom is 0.0659 e. The van der Waals surface area contributed by atoms with Gasteiger partial charge in [-0.3, -0.25) is 0 Å². The predicted octanol–water partition coefficient (Wildman–Crippen LogP) is 4.18. The van der Waals surface area contributed by atoms with Gasteiger partial charge in [-0.15, -0.1) is 11.3 Å². The molecule has 0 bridgehead atoms. The topological polar surface area (TPSA) is 26.0 Å². The van der Waals surface area contributed by atoms with Crippen LogP contribution in [0.2, 0.25) is 0 Å². The monoisotopic (exact) mass is 295 g/mol. The first-order chi connectivity index (χ1) is 7.59. The van der Waals surface area contributed by atoms with Crippen LogP contribution in [0.3, 0.4) is 0 Å². The fraction of sp³-hybridized carbons (Fsp3) is 0.231. The largest absolute Gasteiger partial charge is 0.320 e. The molecule has 0 aliphatic heterocycles. The number of nitrogens with two attached hydrogens (primary N) is 1. The van der Waals surface area contributed by atoms with E-state index in [1.54, 1.807) is 11.3 Å². The van der Waals surface area contributed by atoms with E-state index < -0.39 is 0 Å². The van der Waals surface area contributed by atoms with Gasteiger partial charge in [-0.25, -0.2) is 0 Å². The smallest absolute Gasteiger partial charge is 0.0659 e. The summed E-state index contributed by atoms with van der Waals surface area (Å²) in [6.45, 7) is 4.18. The van der Waals surface area contributed by atoms with Crippen molar-refractivity contribution in [1.82, 2.24) is 0 Å². The van der Waals surface area contributed by atoms with Crippen molar-refractivity contribution in [2.24, 2.45) is 5.73 Å². The standard InChI is InChI=1S/C13H14BrNS/c1-8-3-4-10(11(14)7-8)12(15)13-9(2)5-6-16-13/h3-7,12H,15H2,1-2H3. The van der Waals surface area contributed by atoms with Gasteiger partial charge in [0, 0.05) is 9.35 Å². The normalized spacial score (nSPS) is 12.8. The lowest BCUT2D eigenvalue weighted by molar-refractivity contribution is 0.878. The second-order valence-corrected chi connectivity index (χ2v) is 5.77. The highest BCUT2D eigenvalue weighted by molar-refractivity contribution is 9.10. The van der Waals surface area contributed by atoms with Crippen molar-refractivity contribution in [2.75, 3.05) is 0 Å². The Hall–Kier alpha value is -0.640. The average Bonchev–Trinajstić information content (AvgIpc) is 2.63. The molecule has 1 unspecified atom stereocenters. The summed E-state index contributed by atoms with van der Waals surface area (Å²) in [6, 6.07) is 8.39. The van der Waals surface area contributed by atoms with Crippen LogP contribution in [0.15, 0.2) is 34.1 Å². The summed E-state index contributed by atoms with van der Waals surface area (Å²) < 4.78 is 1.09. The molecule has 0 saturated heterocycles. The van der Waals surface area contributed by atoms with Crippen molar-refractivity contribution < 1.29 is 0 Å². The molecule has 1 nitrogen and oxygen atoms in total. The van der Waals surface area contributed by atoms with E-state index in [1.807, 2.05) is 0 Å². The van der Waals surface area contributed by atoms with E-state index in [4.69, 9.17) is 5.73 Å². The average molecular weight is 296 g/mol. The molecule has 0 spiro atoms. The minimum Gasteiger partial charge on any atom is -0.320 e. The molecule has 3 heteroatoms. The Morgan fingerprint density at radius 3 is 2.56 bits per heavy atom. The summed E-state index contributed by atoms with van der Waals surface area (Å²) in [5.41, 5.74) is 9.95. The fourth-order valence-electron chi connectivity index (χ4n) is 1.73. The first-order valence-corrected chi connectivity index (χ1v) is 6.82. The van der Waals surface area contributed by atoms with E-state index in [0.29, 0.717) is 0 Å². The SMILES string of the molecule is Cc1ccc(C(N)c2sccc2C)c(Br)c1. The Morgan fingerprint density at radius 2 is 2.00 bits per heavy atom. The molecular weight excluding hydrogens is 282 g/mol. The number of hydrogen-bond donors (Lipinski definition) is 1. The second-order valence-electron chi connectivity index (χ2n) is 3.97. The third-order valence-electron chi connectivity index (χ3n) is 2.68. The van der Waals surface area contributed by atoms with Crippen molar-refractivity contribution in [2.45, 2.75) is 19.9 Å². The third kappa shape index (κ3) is 2.21. The van der Waals surface area contributed by atoms with Crippen molar-refractivity contribution in [3.05, 3.63) is 55.7 Å². The molecule has 2 aromatic rings. The maximum atomic E-state index is 6.29. The molecule has 84 valence electrons. The Morgan fingerprint density at radius 1 is 1.25 bits per heavy atom. The van der Waals surface area contributed by atoms with E-state index in [-0.39, 0.29) is 6.04 Å². The molecule has 0 aliphatic rings. The molecule has 16 heavy (non-hydrogen) atoms. The summed E-state index contributed by atoms with van der Waals surface area (Å²) in [7, 11) is 0. The van der Waals surface area contributed by atoms with Crippen LogP contribution >= 0.6 is 27.3 Å². The van der Waals surface area contributed by atoms with Gasteiger partial charge in [0.05, 0.1) is 6.04 Å². The fourth-order valence-corrected chi connectivity index (χ4v) is 3.41. The summed E-state index contributed by atoms with van der Waals surface area (Å²) in [6.07, 6.45) is 0. The Labute approximate surface area is 108 Å². The number of benzene rings is 1. The van der Waals surface area contributed by atoms with Gasteiger partial charge in [-0.05, 0) is 48.1 Å². The molecule has 0 amide bonds. The highest BCUT2D eigenvalue weighted by Crippen LogP contribution is 2.31. The van der Waals surface area contributed by atoms with E-state index in [9.17, 15) is 0 Å². The van der Waals surface area contributed by atoms with E-state index in [0.717, 1.165) is 10.0 Å². The zero-order valence-corrected chi connectivity index (χ0v) is 11.7. The highest BCUT2D eigenvalue weighted by atomic mass is 79.9. The first kappa shape index (κ1) is 11.8. The van der Waals surface area contributed by atoms with Crippen LogP contribution in [0, 0.1) is 13.8 Å². The molecule has 1 heterocycles. The minimum absolute atomic E-state index is 0.0324. The molecule has 0 radical (unpaired) electrons. The zero-order valence-electron chi connectivity index (χ0n) is 9.33. The molecule has 1 atom stereocenters. The predicted molar refractivity (Wildman–Crippen MR) is 74.0 cm³/mol. The zero-order chi connectivity index (χ0) is 11.7. The number of aryl methyl sites for hydroxylation is 2. The maximum absolute atomic E-state index is 6.29. The molecular formula is C13H14BrNS. The lowest BCUT2D eigenvalue weighted by Gasteiger charge is -2.14. The van der Waals surface area contributed by atoms with Crippen LogP contribution < -0.4 is 5.73 Å². The van der Waals surface area contributed by atoms with Crippen LogP contribution in [0.4, 0.5) is 0 Å². The summed E-state index contributed by atoms with van der Waals surface area (Å²) in [4.78, 5) is 1.24. The van der Waals surface area contributed by atoms with Gasteiger partial charge in [-0.1, -0.05) is 28.1 Å². The van der Waals surface area contributed by atoms with Crippen molar-refractivity contribution in [3.8, 4) is 0 Å². The number of halogens is 1. The van der Waals surface area contributed by atoms with E-state index >= 15 is 0 Å².